The first-order valence-electron chi connectivity index (χ1n) is 17.4. The van der Waals surface area contributed by atoms with Crippen molar-refractivity contribution in [2.24, 2.45) is 5.92 Å². The second kappa shape index (κ2) is 15.0. The molecule has 1 aromatic carbocycles. The topological polar surface area (TPSA) is 114 Å². The first kappa shape index (κ1) is 37.1. The van der Waals surface area contributed by atoms with Crippen molar-refractivity contribution in [3.63, 3.8) is 0 Å². The van der Waals surface area contributed by atoms with Crippen LogP contribution in [0.4, 0.5) is 23.2 Å². The molecule has 0 spiro atoms. The monoisotopic (exact) mass is 699 g/mol. The van der Waals surface area contributed by atoms with Gasteiger partial charge in [0.15, 0.2) is 11.6 Å². The molecule has 5 rings (SSSR count). The highest BCUT2D eigenvalue weighted by molar-refractivity contribution is 6.06. The van der Waals surface area contributed by atoms with Gasteiger partial charge >= 0.3 is 6.18 Å². The summed E-state index contributed by atoms with van der Waals surface area (Å²) >= 11 is 0. The number of carbonyl (C=O) groups is 4. The number of ketones is 3. The van der Waals surface area contributed by atoms with Gasteiger partial charge in [-0.25, -0.2) is 9.37 Å². The number of nitrogens with one attached hydrogen (secondary N) is 1. The molecular weight excluding hydrogens is 654 g/mol. The van der Waals surface area contributed by atoms with Crippen LogP contribution in [0.3, 0.4) is 0 Å². The molecule has 0 aliphatic carbocycles. The smallest absolute Gasteiger partial charge is 0.385 e. The molecule has 2 aliphatic heterocycles. The number of aryl methyl sites for hydroxylation is 2. The summed E-state index contributed by atoms with van der Waals surface area (Å²) in [5.74, 6) is -1.30. The summed E-state index contributed by atoms with van der Waals surface area (Å²) in [6.45, 7) is 6.94. The number of Topliss-reactive ketones (excluding diaryl/α,β-unsaturated/α-hetero) is 3. The molecule has 0 radical (unpaired) electrons. The molecule has 1 saturated heterocycles. The van der Waals surface area contributed by atoms with Crippen molar-refractivity contribution >= 4 is 39.8 Å². The van der Waals surface area contributed by atoms with Gasteiger partial charge in [0.2, 0.25) is 5.91 Å². The number of aromatic nitrogens is 3. The third-order valence-electron chi connectivity index (χ3n) is 9.67. The minimum Gasteiger partial charge on any atom is -0.385 e. The van der Waals surface area contributed by atoms with Crippen LogP contribution >= 0.6 is 0 Å². The molecule has 2 aliphatic rings. The van der Waals surface area contributed by atoms with Gasteiger partial charge in [-0.2, -0.15) is 18.3 Å². The Balaban J connectivity index is 1.54. The number of fused-ring (bicyclic) bond motifs is 2. The van der Waals surface area contributed by atoms with Crippen LogP contribution in [0.2, 0.25) is 0 Å². The molecular formula is C37H45F4N5O4. The van der Waals surface area contributed by atoms with E-state index in [1.165, 1.54) is 24.6 Å². The zero-order chi connectivity index (χ0) is 36.4. The predicted molar refractivity (Wildman–Crippen MR) is 181 cm³/mol. The first-order chi connectivity index (χ1) is 23.5. The Morgan fingerprint density at radius 1 is 1.06 bits per heavy atom. The van der Waals surface area contributed by atoms with E-state index in [-0.39, 0.29) is 35.8 Å². The molecule has 4 heterocycles. The first-order valence-corrected chi connectivity index (χ1v) is 17.4. The third-order valence-corrected chi connectivity index (χ3v) is 9.67. The molecule has 0 unspecified atom stereocenters. The van der Waals surface area contributed by atoms with Gasteiger partial charge in [0, 0.05) is 43.8 Å². The van der Waals surface area contributed by atoms with Gasteiger partial charge < -0.3 is 10.2 Å². The Labute approximate surface area is 289 Å². The van der Waals surface area contributed by atoms with Crippen LogP contribution in [0.1, 0.15) is 105 Å². The lowest BCUT2D eigenvalue weighted by atomic mass is 9.92. The fourth-order valence-corrected chi connectivity index (χ4v) is 6.95. The van der Waals surface area contributed by atoms with Gasteiger partial charge in [0.05, 0.1) is 30.2 Å². The SMILES string of the molecule is CC(=O)c1nn2c3c(cc(NCC(C)C)cc13)CCCCCCC(=O)CC[C@@]1(F)C[C@@H](C(=O)Cc3nc(C(F)(F)F)ccc3C)N(C1)C(=O)C2. The quantitative estimate of drug-likeness (QED) is 0.209. The molecule has 3 aromatic rings. The van der Waals surface area contributed by atoms with E-state index in [9.17, 15) is 32.3 Å². The van der Waals surface area contributed by atoms with Crippen molar-refractivity contribution in [3.05, 3.63) is 52.5 Å². The zero-order valence-electron chi connectivity index (χ0n) is 29.1. The summed E-state index contributed by atoms with van der Waals surface area (Å²) in [6, 6.07) is 4.61. The highest BCUT2D eigenvalue weighted by Crippen LogP contribution is 2.37. The zero-order valence-corrected chi connectivity index (χ0v) is 29.1. The van der Waals surface area contributed by atoms with Crippen molar-refractivity contribution in [2.75, 3.05) is 18.4 Å². The van der Waals surface area contributed by atoms with E-state index in [1.807, 2.05) is 12.1 Å². The number of halogens is 4. The van der Waals surface area contributed by atoms with E-state index in [1.54, 1.807) is 0 Å². The second-order valence-electron chi connectivity index (χ2n) is 14.3. The van der Waals surface area contributed by atoms with Gasteiger partial charge in [-0.05, 0) is 67.9 Å². The summed E-state index contributed by atoms with van der Waals surface area (Å²) in [5.41, 5.74) is -0.467. The maximum Gasteiger partial charge on any atom is 0.433 e. The Morgan fingerprint density at radius 2 is 1.78 bits per heavy atom. The van der Waals surface area contributed by atoms with Gasteiger partial charge in [-0.3, -0.25) is 23.9 Å². The summed E-state index contributed by atoms with van der Waals surface area (Å²) < 4.78 is 58.3. The number of amides is 1. The maximum atomic E-state index is 16.5. The van der Waals surface area contributed by atoms with Crippen LogP contribution in [0, 0.1) is 12.8 Å². The molecule has 1 fully saturated rings. The average molecular weight is 700 g/mol. The largest absolute Gasteiger partial charge is 0.433 e. The van der Waals surface area contributed by atoms with E-state index >= 15 is 4.39 Å². The highest BCUT2D eigenvalue weighted by atomic mass is 19.4. The van der Waals surface area contributed by atoms with E-state index in [0.717, 1.165) is 41.5 Å². The lowest BCUT2D eigenvalue weighted by Crippen LogP contribution is -2.43. The van der Waals surface area contributed by atoms with Crippen molar-refractivity contribution in [2.45, 2.75) is 116 Å². The van der Waals surface area contributed by atoms with Crippen LogP contribution in [0.5, 0.6) is 0 Å². The van der Waals surface area contributed by atoms with Gasteiger partial charge in [-0.15, -0.1) is 0 Å². The standard InChI is InChI=1S/C37H45F4N5O4/c1-22(2)19-42-26-15-25-9-7-5-6-8-10-27(48)13-14-36(38)18-30(31(49)17-29-23(3)11-12-32(43-29)37(39,40)41)45(21-36)33(50)20-46-35(25)28(16-26)34(44-46)24(4)47/h11-12,15-16,22,30,42H,5-10,13-14,17-21H2,1-4H3/t30-,36+/m0/s1. The summed E-state index contributed by atoms with van der Waals surface area (Å²) in [7, 11) is 0. The second-order valence-corrected chi connectivity index (χ2v) is 14.3. The molecule has 13 heteroatoms. The molecule has 9 nitrogen and oxygen atoms in total. The minimum atomic E-state index is -4.72. The molecule has 270 valence electrons. The van der Waals surface area contributed by atoms with Crippen molar-refractivity contribution in [3.8, 4) is 0 Å². The van der Waals surface area contributed by atoms with Gasteiger partial charge in [-0.1, -0.05) is 32.8 Å². The van der Waals surface area contributed by atoms with Crippen LogP contribution < -0.4 is 5.32 Å². The van der Waals surface area contributed by atoms with Gasteiger partial charge in [0.25, 0.3) is 0 Å². The van der Waals surface area contributed by atoms with Gasteiger partial charge in [0.1, 0.15) is 29.4 Å². The number of benzene rings is 1. The van der Waals surface area contributed by atoms with Crippen molar-refractivity contribution in [1.29, 1.82) is 0 Å². The Bertz CT molecular complexity index is 1790. The highest BCUT2D eigenvalue weighted by Gasteiger charge is 2.49. The number of rotatable bonds is 7. The number of anilines is 1. The van der Waals surface area contributed by atoms with Crippen LogP contribution in [-0.4, -0.2) is 67.7 Å². The molecule has 1 amide bonds. The Morgan fingerprint density at radius 3 is 2.46 bits per heavy atom. The lowest BCUT2D eigenvalue weighted by molar-refractivity contribution is -0.141. The number of nitrogens with zero attached hydrogens (tertiary/aromatic N) is 4. The number of alkyl halides is 4. The van der Waals surface area contributed by atoms with Crippen molar-refractivity contribution < 1.29 is 36.7 Å². The molecule has 2 bridgehead atoms. The molecule has 0 saturated carbocycles. The predicted octanol–water partition coefficient (Wildman–Crippen LogP) is 7.01. The Hall–Kier alpha value is -4.16. The normalized spacial score (nSPS) is 21.1. The number of pyridine rings is 1. The van der Waals surface area contributed by atoms with E-state index in [4.69, 9.17) is 0 Å². The number of carbonyl (C=O) groups excluding carboxylic acids is 4. The molecule has 2 aromatic heterocycles. The van der Waals surface area contributed by atoms with E-state index < -0.39 is 61.2 Å². The molecule has 2 atom stereocenters. The van der Waals surface area contributed by atoms with Crippen LogP contribution in [0.15, 0.2) is 24.3 Å². The molecule has 1 N–H and O–H groups in total. The fourth-order valence-electron chi connectivity index (χ4n) is 6.95. The maximum absolute atomic E-state index is 16.5. The fraction of sp³-hybridized carbons (Fsp3) is 0.568. The lowest BCUT2D eigenvalue weighted by Gasteiger charge is -2.24. The number of hydrogen-bond donors (Lipinski definition) is 1. The van der Waals surface area contributed by atoms with Crippen LogP contribution in [-0.2, 0) is 39.9 Å². The van der Waals surface area contributed by atoms with Crippen LogP contribution in [0.25, 0.3) is 10.9 Å². The number of hydrogen-bond acceptors (Lipinski definition) is 7. The third kappa shape index (κ3) is 8.58. The average Bonchev–Trinajstić information content (AvgIpc) is 3.59. The van der Waals surface area contributed by atoms with Crippen molar-refractivity contribution in [1.82, 2.24) is 19.7 Å². The van der Waals surface area contributed by atoms with E-state index in [0.29, 0.717) is 48.2 Å². The van der Waals surface area contributed by atoms with E-state index in [2.05, 4.69) is 29.2 Å². The summed E-state index contributed by atoms with van der Waals surface area (Å²) in [5, 5.41) is 8.57. The Kier molecular flexibility index (Phi) is 11.1. The minimum absolute atomic E-state index is 0.0485. The summed E-state index contributed by atoms with van der Waals surface area (Å²) in [4.78, 5) is 58.3. The summed E-state index contributed by atoms with van der Waals surface area (Å²) in [6.07, 6.45) is -1.83. The molecule has 50 heavy (non-hydrogen) atoms.